The average molecular weight is 364 g/mol. The Morgan fingerprint density at radius 1 is 1.24 bits per heavy atom. The highest BCUT2D eigenvalue weighted by Crippen LogP contribution is 2.61. The second kappa shape index (κ2) is 6.29. The molecule has 1 atom stereocenters. The molecule has 4 aliphatic carbocycles. The monoisotopic (exact) mass is 363 g/mol. The van der Waals surface area contributed by atoms with Gasteiger partial charge in [-0.2, -0.15) is 5.10 Å². The normalized spacial score (nSPS) is 34.3. The first-order valence-corrected chi connectivity index (χ1v) is 10.3. The fourth-order valence-electron chi connectivity index (χ4n) is 6.50. The summed E-state index contributed by atoms with van der Waals surface area (Å²) in [5, 5.41) is 8.45. The van der Waals surface area contributed by atoms with Crippen molar-refractivity contribution in [2.75, 3.05) is 0 Å². The second-order valence-corrected chi connectivity index (χ2v) is 9.33. The number of carbonyl (C=O) groups is 1. The van der Waals surface area contributed by atoms with Gasteiger partial charge in [-0.15, -0.1) is 0 Å². The van der Waals surface area contributed by atoms with Gasteiger partial charge in [0.15, 0.2) is 0 Å². The maximum atomic E-state index is 12.7. The zero-order valence-corrected chi connectivity index (χ0v) is 16.4. The van der Waals surface area contributed by atoms with E-state index in [1.54, 1.807) is 4.68 Å². The lowest BCUT2D eigenvalue weighted by atomic mass is 9.47. The summed E-state index contributed by atoms with van der Waals surface area (Å²) in [5.41, 5.74) is 2.02. The Morgan fingerprint density at radius 2 is 1.80 bits per heavy atom. The summed E-state index contributed by atoms with van der Waals surface area (Å²) in [6.45, 7) is 6.30. The van der Waals surface area contributed by atoms with Crippen LogP contribution in [0.25, 0.3) is 0 Å². The van der Waals surface area contributed by atoms with Gasteiger partial charge in [0.1, 0.15) is 6.54 Å². The van der Waals surface area contributed by atoms with Gasteiger partial charge in [0, 0.05) is 6.04 Å². The molecule has 1 aromatic heterocycles. The molecule has 0 radical (unpaired) electrons. The van der Waals surface area contributed by atoms with E-state index < -0.39 is 0 Å². The summed E-state index contributed by atoms with van der Waals surface area (Å²) >= 11 is 6.21. The van der Waals surface area contributed by atoms with Crippen LogP contribution in [0.4, 0.5) is 0 Å². The Bertz CT molecular complexity index is 645. The van der Waals surface area contributed by atoms with Crippen LogP contribution >= 0.6 is 11.6 Å². The Kier molecular flexibility index (Phi) is 4.38. The van der Waals surface area contributed by atoms with Crippen molar-refractivity contribution in [1.29, 1.82) is 0 Å². The van der Waals surface area contributed by atoms with Crippen molar-refractivity contribution in [3.8, 4) is 0 Å². The Labute approximate surface area is 155 Å². The summed E-state index contributed by atoms with van der Waals surface area (Å²) < 4.78 is 1.74. The quantitative estimate of drug-likeness (QED) is 0.849. The van der Waals surface area contributed by atoms with Crippen molar-refractivity contribution in [3.63, 3.8) is 0 Å². The molecule has 1 unspecified atom stereocenters. The second-order valence-electron chi connectivity index (χ2n) is 8.95. The summed E-state index contributed by atoms with van der Waals surface area (Å²) in [4.78, 5) is 12.7. The third kappa shape index (κ3) is 3.01. The van der Waals surface area contributed by atoms with Crippen LogP contribution in [0, 0.1) is 37.0 Å². The average Bonchev–Trinajstić information content (AvgIpc) is 2.78. The van der Waals surface area contributed by atoms with Gasteiger partial charge in [-0.25, -0.2) is 0 Å². The van der Waals surface area contributed by atoms with E-state index in [-0.39, 0.29) is 12.5 Å². The highest BCUT2D eigenvalue weighted by Gasteiger charge is 2.53. The summed E-state index contributed by atoms with van der Waals surface area (Å²) in [7, 11) is 0. The van der Waals surface area contributed by atoms with Crippen LogP contribution in [0.5, 0.6) is 0 Å². The molecule has 0 spiro atoms. The molecule has 1 heterocycles. The molecule has 4 aliphatic rings. The largest absolute Gasteiger partial charge is 0.351 e. The number of carbonyl (C=O) groups excluding carboxylic acids is 1. The Hall–Kier alpha value is -1.03. The number of hydrogen-bond donors (Lipinski definition) is 1. The maximum Gasteiger partial charge on any atom is 0.241 e. The number of aryl methyl sites for hydroxylation is 1. The number of hydrogen-bond acceptors (Lipinski definition) is 2. The number of amides is 1. The first kappa shape index (κ1) is 17.4. The van der Waals surface area contributed by atoms with E-state index in [1.807, 2.05) is 13.8 Å². The van der Waals surface area contributed by atoms with Crippen LogP contribution in [0.2, 0.25) is 5.02 Å². The minimum Gasteiger partial charge on any atom is -0.351 e. The maximum absolute atomic E-state index is 12.7. The molecule has 4 nitrogen and oxygen atoms in total. The molecular formula is C20H30ClN3O. The first-order chi connectivity index (χ1) is 11.9. The zero-order chi connectivity index (χ0) is 17.8. The summed E-state index contributed by atoms with van der Waals surface area (Å²) in [6.07, 6.45) is 9.31. The van der Waals surface area contributed by atoms with Crippen molar-refractivity contribution in [2.45, 2.75) is 78.3 Å². The van der Waals surface area contributed by atoms with Crippen LogP contribution in [0.15, 0.2) is 0 Å². The molecule has 1 aromatic rings. The fraction of sp³-hybridized carbons (Fsp3) is 0.800. The van der Waals surface area contributed by atoms with Crippen LogP contribution in [0.1, 0.15) is 63.3 Å². The number of halogens is 1. The predicted octanol–water partition coefficient (Wildman–Crippen LogP) is 4.26. The molecule has 1 N–H and O–H groups in total. The van der Waals surface area contributed by atoms with Gasteiger partial charge in [-0.05, 0) is 82.0 Å². The highest BCUT2D eigenvalue weighted by atomic mass is 35.5. The topological polar surface area (TPSA) is 46.9 Å². The van der Waals surface area contributed by atoms with Gasteiger partial charge in [0.05, 0.1) is 16.4 Å². The molecule has 4 fully saturated rings. The van der Waals surface area contributed by atoms with Crippen molar-refractivity contribution in [1.82, 2.24) is 15.1 Å². The van der Waals surface area contributed by atoms with E-state index in [0.29, 0.717) is 16.5 Å². The molecule has 5 heteroatoms. The first-order valence-electron chi connectivity index (χ1n) is 9.89. The number of aromatic nitrogens is 2. The molecular weight excluding hydrogens is 334 g/mol. The lowest BCUT2D eigenvalue weighted by Crippen LogP contribution is -2.57. The van der Waals surface area contributed by atoms with Crippen LogP contribution < -0.4 is 5.32 Å². The lowest BCUT2D eigenvalue weighted by Gasteiger charge is -2.59. The third-order valence-corrected chi connectivity index (χ3v) is 7.70. The van der Waals surface area contributed by atoms with Crippen molar-refractivity contribution in [3.05, 3.63) is 16.4 Å². The van der Waals surface area contributed by atoms with Crippen LogP contribution in [-0.2, 0) is 11.3 Å². The SMILES string of the molecule is CCC(NC(=O)Cn1nc(C)c(Cl)c1C)C12CC3CC(CC(C3)C1)C2. The lowest BCUT2D eigenvalue weighted by molar-refractivity contribution is -0.127. The van der Waals surface area contributed by atoms with E-state index in [0.717, 1.165) is 35.6 Å². The smallest absolute Gasteiger partial charge is 0.241 e. The number of nitrogens with zero attached hydrogens (tertiary/aromatic N) is 2. The minimum absolute atomic E-state index is 0.0739. The van der Waals surface area contributed by atoms with Crippen molar-refractivity contribution < 1.29 is 4.79 Å². The Balaban J connectivity index is 1.47. The fourth-order valence-corrected chi connectivity index (χ4v) is 6.63. The van der Waals surface area contributed by atoms with Crippen molar-refractivity contribution >= 4 is 17.5 Å². The minimum atomic E-state index is 0.0739. The van der Waals surface area contributed by atoms with Crippen LogP contribution in [-0.4, -0.2) is 21.7 Å². The molecule has 5 rings (SSSR count). The zero-order valence-electron chi connectivity index (χ0n) is 15.6. The number of nitrogens with one attached hydrogen (secondary N) is 1. The van der Waals surface area contributed by atoms with E-state index in [1.165, 1.54) is 38.5 Å². The van der Waals surface area contributed by atoms with Gasteiger partial charge in [0.2, 0.25) is 5.91 Å². The summed E-state index contributed by atoms with van der Waals surface area (Å²) in [6, 6.07) is 0.306. The molecule has 0 saturated heterocycles. The molecule has 0 aliphatic heterocycles. The number of rotatable bonds is 5. The van der Waals surface area contributed by atoms with E-state index in [2.05, 4.69) is 17.3 Å². The Morgan fingerprint density at radius 3 is 2.24 bits per heavy atom. The van der Waals surface area contributed by atoms with Crippen molar-refractivity contribution in [2.24, 2.45) is 23.2 Å². The van der Waals surface area contributed by atoms with Crippen LogP contribution in [0.3, 0.4) is 0 Å². The highest BCUT2D eigenvalue weighted by molar-refractivity contribution is 6.31. The molecule has 25 heavy (non-hydrogen) atoms. The van der Waals surface area contributed by atoms with Gasteiger partial charge in [-0.3, -0.25) is 9.48 Å². The van der Waals surface area contributed by atoms with E-state index in [9.17, 15) is 4.79 Å². The van der Waals surface area contributed by atoms with E-state index in [4.69, 9.17) is 11.6 Å². The standard InChI is InChI=1S/C20H30ClN3O/c1-4-17(20-8-14-5-15(9-20)7-16(6-14)10-20)22-18(25)11-24-13(3)19(21)12(2)23-24/h14-17H,4-11H2,1-3H3,(H,22,25). The molecule has 0 aromatic carbocycles. The molecule has 138 valence electrons. The third-order valence-electron chi connectivity index (χ3n) is 7.15. The van der Waals surface area contributed by atoms with Gasteiger partial charge < -0.3 is 5.32 Å². The summed E-state index contributed by atoms with van der Waals surface area (Å²) in [5.74, 6) is 2.80. The molecule has 4 saturated carbocycles. The van der Waals surface area contributed by atoms with Gasteiger partial charge in [-0.1, -0.05) is 18.5 Å². The van der Waals surface area contributed by atoms with Gasteiger partial charge in [0.25, 0.3) is 0 Å². The molecule has 1 amide bonds. The molecule has 4 bridgehead atoms. The predicted molar refractivity (Wildman–Crippen MR) is 99.5 cm³/mol. The van der Waals surface area contributed by atoms with E-state index >= 15 is 0 Å². The van der Waals surface area contributed by atoms with Gasteiger partial charge >= 0.3 is 0 Å².